The molecule has 2 nitrogen and oxygen atoms in total. The van der Waals surface area contributed by atoms with Crippen molar-refractivity contribution >= 4 is 0 Å². The Bertz CT molecular complexity index is 404. The summed E-state index contributed by atoms with van der Waals surface area (Å²) in [5.74, 6) is 2.62. The lowest BCUT2D eigenvalue weighted by molar-refractivity contribution is 0.225. The summed E-state index contributed by atoms with van der Waals surface area (Å²) in [6.07, 6.45) is 5.46. The van der Waals surface area contributed by atoms with Gasteiger partial charge in [0.2, 0.25) is 0 Å². The van der Waals surface area contributed by atoms with Crippen molar-refractivity contribution in [3.63, 3.8) is 0 Å². The van der Waals surface area contributed by atoms with Crippen LogP contribution in [-0.2, 0) is 0 Å². The molecule has 1 aliphatic carbocycles. The highest BCUT2D eigenvalue weighted by molar-refractivity contribution is 5.31. The Morgan fingerprint density at radius 1 is 1.30 bits per heavy atom. The van der Waals surface area contributed by atoms with E-state index < -0.39 is 0 Å². The Morgan fingerprint density at radius 3 is 2.85 bits per heavy atom. The van der Waals surface area contributed by atoms with E-state index in [9.17, 15) is 0 Å². The molecule has 1 aromatic carbocycles. The summed E-state index contributed by atoms with van der Waals surface area (Å²) in [7, 11) is 0. The molecular formula is C18H29NO. The van der Waals surface area contributed by atoms with Crippen LogP contribution < -0.4 is 10.1 Å². The van der Waals surface area contributed by atoms with Gasteiger partial charge in [-0.1, -0.05) is 38.8 Å². The van der Waals surface area contributed by atoms with Crippen LogP contribution in [0.5, 0.6) is 5.75 Å². The molecule has 1 saturated carbocycles. The fourth-order valence-electron chi connectivity index (χ4n) is 3.52. The predicted molar refractivity (Wildman–Crippen MR) is 85.2 cm³/mol. The van der Waals surface area contributed by atoms with Crippen molar-refractivity contribution in [1.29, 1.82) is 0 Å². The first-order valence-electron chi connectivity index (χ1n) is 8.20. The molecule has 1 fully saturated rings. The van der Waals surface area contributed by atoms with E-state index in [0.29, 0.717) is 6.04 Å². The van der Waals surface area contributed by atoms with Crippen molar-refractivity contribution in [1.82, 2.24) is 5.32 Å². The van der Waals surface area contributed by atoms with E-state index >= 15 is 0 Å². The minimum atomic E-state index is 0.475. The molecule has 3 atom stereocenters. The van der Waals surface area contributed by atoms with Crippen LogP contribution in [0.1, 0.15) is 58.1 Å². The van der Waals surface area contributed by atoms with Crippen LogP contribution in [0.15, 0.2) is 24.3 Å². The van der Waals surface area contributed by atoms with Crippen molar-refractivity contribution in [2.75, 3.05) is 13.2 Å². The van der Waals surface area contributed by atoms with Crippen LogP contribution in [0, 0.1) is 11.8 Å². The van der Waals surface area contributed by atoms with Gasteiger partial charge in [0.05, 0.1) is 6.61 Å². The first-order chi connectivity index (χ1) is 9.74. The minimum absolute atomic E-state index is 0.475. The molecule has 0 aromatic heterocycles. The van der Waals surface area contributed by atoms with Gasteiger partial charge < -0.3 is 10.1 Å². The summed E-state index contributed by atoms with van der Waals surface area (Å²) in [5.41, 5.74) is 1.39. The highest BCUT2D eigenvalue weighted by atomic mass is 16.5. The zero-order valence-electron chi connectivity index (χ0n) is 13.2. The molecule has 0 spiro atoms. The fraction of sp³-hybridized carbons (Fsp3) is 0.667. The van der Waals surface area contributed by atoms with Crippen LogP contribution in [-0.4, -0.2) is 13.2 Å². The molecule has 1 N–H and O–H groups in total. The summed E-state index contributed by atoms with van der Waals surface area (Å²) in [6.45, 7) is 8.39. The molecule has 112 valence electrons. The molecule has 1 aromatic rings. The van der Waals surface area contributed by atoms with Crippen LogP contribution >= 0.6 is 0 Å². The number of hydrogen-bond donors (Lipinski definition) is 1. The van der Waals surface area contributed by atoms with Gasteiger partial charge in [-0.3, -0.25) is 0 Å². The lowest BCUT2D eigenvalue weighted by atomic mass is 9.76. The van der Waals surface area contributed by atoms with E-state index in [2.05, 4.69) is 43.4 Å². The number of rotatable bonds is 6. The van der Waals surface area contributed by atoms with Gasteiger partial charge in [0, 0.05) is 6.04 Å². The van der Waals surface area contributed by atoms with Crippen LogP contribution in [0.25, 0.3) is 0 Å². The highest BCUT2D eigenvalue weighted by Crippen LogP contribution is 2.37. The molecule has 1 aliphatic rings. The Morgan fingerprint density at radius 2 is 2.15 bits per heavy atom. The van der Waals surface area contributed by atoms with Gasteiger partial charge in [0.15, 0.2) is 0 Å². The molecule has 0 bridgehead atoms. The highest BCUT2D eigenvalue weighted by Gasteiger charge is 2.27. The number of nitrogens with one attached hydrogen (secondary N) is 1. The van der Waals surface area contributed by atoms with Gasteiger partial charge in [-0.25, -0.2) is 0 Å². The van der Waals surface area contributed by atoms with E-state index in [0.717, 1.165) is 30.7 Å². The third-order valence-electron chi connectivity index (χ3n) is 4.40. The van der Waals surface area contributed by atoms with E-state index in [-0.39, 0.29) is 0 Å². The monoisotopic (exact) mass is 275 g/mol. The van der Waals surface area contributed by atoms with Gasteiger partial charge in [-0.15, -0.1) is 0 Å². The largest absolute Gasteiger partial charge is 0.494 e. The van der Waals surface area contributed by atoms with Gasteiger partial charge in [-0.05, 0) is 55.8 Å². The van der Waals surface area contributed by atoms with Crippen LogP contribution in [0.4, 0.5) is 0 Å². The van der Waals surface area contributed by atoms with Gasteiger partial charge in [-0.2, -0.15) is 0 Å². The second kappa shape index (κ2) is 7.68. The lowest BCUT2D eigenvalue weighted by Crippen LogP contribution is -2.31. The van der Waals surface area contributed by atoms with Gasteiger partial charge in [0.1, 0.15) is 5.75 Å². The summed E-state index contributed by atoms with van der Waals surface area (Å²) in [4.78, 5) is 0. The zero-order valence-corrected chi connectivity index (χ0v) is 13.2. The smallest absolute Gasteiger partial charge is 0.119 e. The topological polar surface area (TPSA) is 21.3 Å². The van der Waals surface area contributed by atoms with Gasteiger partial charge >= 0.3 is 0 Å². The molecule has 3 unspecified atom stereocenters. The Kier molecular flexibility index (Phi) is 5.90. The SMILES string of the molecule is CCNC(c1cccc(OCC)c1)C1CCCC(C)C1. The van der Waals surface area contributed by atoms with E-state index in [1.165, 1.54) is 31.2 Å². The second-order valence-corrected chi connectivity index (χ2v) is 6.07. The Balaban J connectivity index is 2.16. The predicted octanol–water partition coefficient (Wildman–Crippen LogP) is 4.56. The summed E-state index contributed by atoms with van der Waals surface area (Å²) >= 11 is 0. The molecule has 2 heteroatoms. The maximum absolute atomic E-state index is 5.66. The lowest BCUT2D eigenvalue weighted by Gasteiger charge is -2.34. The molecule has 0 radical (unpaired) electrons. The minimum Gasteiger partial charge on any atom is -0.494 e. The van der Waals surface area contributed by atoms with Crippen LogP contribution in [0.2, 0.25) is 0 Å². The Labute approximate surface area is 123 Å². The third kappa shape index (κ3) is 3.99. The van der Waals surface area contributed by atoms with E-state index in [1.807, 2.05) is 6.92 Å². The van der Waals surface area contributed by atoms with Crippen molar-refractivity contribution in [2.45, 2.75) is 52.5 Å². The molecule has 0 saturated heterocycles. The van der Waals surface area contributed by atoms with Crippen LogP contribution in [0.3, 0.4) is 0 Å². The van der Waals surface area contributed by atoms with Crippen molar-refractivity contribution in [2.24, 2.45) is 11.8 Å². The maximum Gasteiger partial charge on any atom is 0.119 e. The first-order valence-corrected chi connectivity index (χ1v) is 8.20. The summed E-state index contributed by atoms with van der Waals surface area (Å²) < 4.78 is 5.66. The Hall–Kier alpha value is -1.02. The van der Waals surface area contributed by atoms with Crippen molar-refractivity contribution < 1.29 is 4.74 Å². The third-order valence-corrected chi connectivity index (χ3v) is 4.40. The second-order valence-electron chi connectivity index (χ2n) is 6.07. The molecule has 0 amide bonds. The summed E-state index contributed by atoms with van der Waals surface area (Å²) in [6, 6.07) is 9.12. The quantitative estimate of drug-likeness (QED) is 0.821. The standard InChI is InChI=1S/C18H29NO/c1-4-19-18(15-9-6-8-14(3)12-15)16-10-7-11-17(13-16)20-5-2/h7,10-11,13-15,18-19H,4-6,8-9,12H2,1-3H3. The molecule has 2 rings (SSSR count). The zero-order chi connectivity index (χ0) is 14.4. The average Bonchev–Trinajstić information content (AvgIpc) is 2.45. The van der Waals surface area contributed by atoms with E-state index in [1.54, 1.807) is 0 Å². The summed E-state index contributed by atoms with van der Waals surface area (Å²) in [5, 5.41) is 3.70. The van der Waals surface area contributed by atoms with Crippen molar-refractivity contribution in [3.8, 4) is 5.75 Å². The number of ether oxygens (including phenoxy) is 1. The average molecular weight is 275 g/mol. The molecule has 20 heavy (non-hydrogen) atoms. The molecular weight excluding hydrogens is 246 g/mol. The van der Waals surface area contributed by atoms with Gasteiger partial charge in [0.25, 0.3) is 0 Å². The first kappa shape index (κ1) is 15.4. The molecule has 0 aliphatic heterocycles. The fourth-order valence-corrected chi connectivity index (χ4v) is 3.52. The maximum atomic E-state index is 5.66. The van der Waals surface area contributed by atoms with Crippen molar-refractivity contribution in [3.05, 3.63) is 29.8 Å². The number of hydrogen-bond acceptors (Lipinski definition) is 2. The van der Waals surface area contributed by atoms with E-state index in [4.69, 9.17) is 4.74 Å². The number of benzene rings is 1. The normalized spacial score (nSPS) is 24.4. The molecule has 0 heterocycles.